The van der Waals surface area contributed by atoms with Crippen LogP contribution in [0.15, 0.2) is 48.5 Å². The highest BCUT2D eigenvalue weighted by Crippen LogP contribution is 2.44. The van der Waals surface area contributed by atoms with E-state index >= 15 is 0 Å². The van der Waals surface area contributed by atoms with Crippen LogP contribution in [0.25, 0.3) is 0 Å². The molecule has 3 nitrogen and oxygen atoms in total. The van der Waals surface area contributed by atoms with E-state index in [1.807, 2.05) is 36.4 Å². The predicted molar refractivity (Wildman–Crippen MR) is 82.7 cm³/mol. The SMILES string of the molecule is Clc1ccc(N[C@@H]2c3ccccc3O[C@@H]3OCC[C@@H]32)cc1. The van der Waals surface area contributed by atoms with Crippen molar-refractivity contribution in [2.75, 3.05) is 11.9 Å². The van der Waals surface area contributed by atoms with Crippen molar-refractivity contribution in [2.24, 2.45) is 5.92 Å². The highest BCUT2D eigenvalue weighted by Gasteiger charge is 2.42. The van der Waals surface area contributed by atoms with Gasteiger partial charge < -0.3 is 14.8 Å². The monoisotopic (exact) mass is 301 g/mol. The van der Waals surface area contributed by atoms with Gasteiger partial charge in [-0.25, -0.2) is 0 Å². The smallest absolute Gasteiger partial charge is 0.205 e. The Bertz CT molecular complexity index is 643. The van der Waals surface area contributed by atoms with Crippen molar-refractivity contribution in [1.29, 1.82) is 0 Å². The summed E-state index contributed by atoms with van der Waals surface area (Å²) >= 11 is 5.96. The summed E-state index contributed by atoms with van der Waals surface area (Å²) in [7, 11) is 0. The number of ether oxygens (including phenoxy) is 2. The first-order valence-electron chi connectivity index (χ1n) is 7.20. The Morgan fingerprint density at radius 2 is 1.86 bits per heavy atom. The first-order chi connectivity index (χ1) is 10.3. The molecule has 2 heterocycles. The number of anilines is 1. The van der Waals surface area contributed by atoms with E-state index < -0.39 is 0 Å². The fourth-order valence-electron chi connectivity index (χ4n) is 3.14. The Kier molecular flexibility index (Phi) is 3.24. The van der Waals surface area contributed by atoms with Crippen LogP contribution in [0.5, 0.6) is 5.75 Å². The molecule has 0 radical (unpaired) electrons. The summed E-state index contributed by atoms with van der Waals surface area (Å²) in [6, 6.07) is 16.2. The zero-order valence-corrected chi connectivity index (χ0v) is 12.2. The molecule has 1 saturated heterocycles. The van der Waals surface area contributed by atoms with Gasteiger partial charge in [0.25, 0.3) is 0 Å². The second-order valence-corrected chi connectivity index (χ2v) is 5.91. The van der Waals surface area contributed by atoms with Crippen LogP contribution in [0, 0.1) is 5.92 Å². The molecule has 2 aromatic carbocycles. The van der Waals surface area contributed by atoms with Crippen molar-refractivity contribution in [3.8, 4) is 5.75 Å². The quantitative estimate of drug-likeness (QED) is 0.899. The summed E-state index contributed by atoms with van der Waals surface area (Å²) in [5.74, 6) is 1.24. The molecule has 0 aromatic heterocycles. The lowest BCUT2D eigenvalue weighted by atomic mass is 9.88. The van der Waals surface area contributed by atoms with E-state index in [-0.39, 0.29) is 12.3 Å². The lowest BCUT2D eigenvalue weighted by Gasteiger charge is -2.35. The van der Waals surface area contributed by atoms with Crippen molar-refractivity contribution in [3.05, 3.63) is 59.1 Å². The fourth-order valence-corrected chi connectivity index (χ4v) is 3.26. The first-order valence-corrected chi connectivity index (χ1v) is 7.58. The molecule has 108 valence electrons. The Morgan fingerprint density at radius 3 is 2.71 bits per heavy atom. The summed E-state index contributed by atoms with van der Waals surface area (Å²) in [4.78, 5) is 0. The molecule has 0 aliphatic carbocycles. The summed E-state index contributed by atoms with van der Waals surface area (Å²) in [5.41, 5.74) is 2.26. The van der Waals surface area contributed by atoms with E-state index in [2.05, 4.69) is 17.4 Å². The highest BCUT2D eigenvalue weighted by molar-refractivity contribution is 6.30. The van der Waals surface area contributed by atoms with Crippen LogP contribution in [-0.2, 0) is 4.74 Å². The van der Waals surface area contributed by atoms with Gasteiger partial charge in [0, 0.05) is 22.2 Å². The van der Waals surface area contributed by atoms with Gasteiger partial charge in [-0.05, 0) is 36.8 Å². The van der Waals surface area contributed by atoms with Crippen molar-refractivity contribution >= 4 is 17.3 Å². The van der Waals surface area contributed by atoms with Gasteiger partial charge in [0.15, 0.2) is 0 Å². The molecule has 0 saturated carbocycles. The number of nitrogens with one attached hydrogen (secondary N) is 1. The van der Waals surface area contributed by atoms with Gasteiger partial charge in [-0.15, -0.1) is 0 Å². The molecule has 1 fully saturated rings. The van der Waals surface area contributed by atoms with Crippen molar-refractivity contribution < 1.29 is 9.47 Å². The van der Waals surface area contributed by atoms with Crippen LogP contribution >= 0.6 is 11.6 Å². The second-order valence-electron chi connectivity index (χ2n) is 5.48. The van der Waals surface area contributed by atoms with E-state index in [9.17, 15) is 0 Å². The number of hydrogen-bond donors (Lipinski definition) is 1. The average molecular weight is 302 g/mol. The second kappa shape index (κ2) is 5.24. The minimum Gasteiger partial charge on any atom is -0.464 e. The molecule has 0 unspecified atom stereocenters. The molecule has 1 N–H and O–H groups in total. The van der Waals surface area contributed by atoms with Gasteiger partial charge in [-0.2, -0.15) is 0 Å². The molecule has 4 heteroatoms. The number of fused-ring (bicyclic) bond motifs is 2. The minimum absolute atomic E-state index is 0.148. The largest absolute Gasteiger partial charge is 0.464 e. The topological polar surface area (TPSA) is 30.5 Å². The van der Waals surface area contributed by atoms with E-state index in [0.717, 1.165) is 29.5 Å². The van der Waals surface area contributed by atoms with Gasteiger partial charge in [-0.3, -0.25) is 0 Å². The summed E-state index contributed by atoms with van der Waals surface area (Å²) in [6.07, 6.45) is 0.856. The molecule has 2 aromatic rings. The molecule has 3 atom stereocenters. The van der Waals surface area contributed by atoms with Crippen molar-refractivity contribution in [3.63, 3.8) is 0 Å². The number of rotatable bonds is 2. The zero-order valence-electron chi connectivity index (χ0n) is 11.5. The Balaban J connectivity index is 1.69. The van der Waals surface area contributed by atoms with Crippen LogP contribution in [0.4, 0.5) is 5.69 Å². The Morgan fingerprint density at radius 1 is 1.05 bits per heavy atom. The van der Waals surface area contributed by atoms with Gasteiger partial charge in [-0.1, -0.05) is 29.8 Å². The summed E-state index contributed by atoms with van der Waals surface area (Å²) in [5, 5.41) is 4.36. The zero-order chi connectivity index (χ0) is 14.2. The third-order valence-electron chi connectivity index (χ3n) is 4.17. The van der Waals surface area contributed by atoms with Crippen LogP contribution < -0.4 is 10.1 Å². The highest BCUT2D eigenvalue weighted by atomic mass is 35.5. The maximum atomic E-state index is 5.96. The van der Waals surface area contributed by atoms with Crippen LogP contribution in [0.2, 0.25) is 5.02 Å². The van der Waals surface area contributed by atoms with E-state index in [1.54, 1.807) is 0 Å². The lowest BCUT2D eigenvalue weighted by Crippen LogP contribution is -2.36. The third kappa shape index (κ3) is 2.37. The van der Waals surface area contributed by atoms with Crippen LogP contribution in [0.1, 0.15) is 18.0 Å². The molecule has 0 amide bonds. The number of para-hydroxylation sites is 1. The lowest BCUT2D eigenvalue weighted by molar-refractivity contribution is -0.0747. The summed E-state index contributed by atoms with van der Waals surface area (Å²) in [6.45, 7) is 0.752. The Hall–Kier alpha value is -1.71. The maximum Gasteiger partial charge on any atom is 0.205 e. The molecule has 21 heavy (non-hydrogen) atoms. The number of hydrogen-bond acceptors (Lipinski definition) is 3. The van der Waals surface area contributed by atoms with Gasteiger partial charge >= 0.3 is 0 Å². The third-order valence-corrected chi connectivity index (χ3v) is 4.43. The van der Waals surface area contributed by atoms with Crippen molar-refractivity contribution in [2.45, 2.75) is 18.8 Å². The molecule has 2 aliphatic rings. The summed E-state index contributed by atoms with van der Waals surface area (Å²) < 4.78 is 11.7. The molecule has 2 aliphatic heterocycles. The predicted octanol–water partition coefficient (Wildman–Crippen LogP) is 4.25. The van der Waals surface area contributed by atoms with Gasteiger partial charge in [0.2, 0.25) is 6.29 Å². The average Bonchev–Trinajstić information content (AvgIpc) is 2.97. The standard InChI is InChI=1S/C17H16ClNO2/c18-11-5-7-12(8-6-11)19-16-13-3-1-2-4-15(13)21-17-14(16)9-10-20-17/h1-8,14,16-17,19H,9-10H2/t14-,16-,17+/m1/s1. The fraction of sp³-hybridized carbons (Fsp3) is 0.294. The normalized spacial score (nSPS) is 26.6. The molecule has 0 bridgehead atoms. The molecular weight excluding hydrogens is 286 g/mol. The van der Waals surface area contributed by atoms with E-state index in [0.29, 0.717) is 5.92 Å². The molecule has 0 spiro atoms. The maximum absolute atomic E-state index is 5.96. The van der Waals surface area contributed by atoms with E-state index in [1.165, 1.54) is 5.56 Å². The minimum atomic E-state index is -0.148. The van der Waals surface area contributed by atoms with Crippen molar-refractivity contribution in [1.82, 2.24) is 0 Å². The van der Waals surface area contributed by atoms with Crippen LogP contribution in [-0.4, -0.2) is 12.9 Å². The van der Waals surface area contributed by atoms with Gasteiger partial charge in [0.1, 0.15) is 5.75 Å². The van der Waals surface area contributed by atoms with Crippen LogP contribution in [0.3, 0.4) is 0 Å². The molecule has 4 rings (SSSR count). The molecular formula is C17H16ClNO2. The Labute approximate surface area is 128 Å². The number of benzene rings is 2. The first kappa shape index (κ1) is 13.0. The van der Waals surface area contributed by atoms with E-state index in [4.69, 9.17) is 21.1 Å². The van der Waals surface area contributed by atoms with Gasteiger partial charge in [0.05, 0.1) is 12.6 Å². The number of halogens is 1.